The van der Waals surface area contributed by atoms with Crippen molar-refractivity contribution in [2.24, 2.45) is 22.2 Å². The summed E-state index contributed by atoms with van der Waals surface area (Å²) in [6.07, 6.45) is -6.40. The normalized spacial score (nSPS) is 23.3. The summed E-state index contributed by atoms with van der Waals surface area (Å²) in [6, 6.07) is 10.3. The molecule has 1 aliphatic rings. The van der Waals surface area contributed by atoms with Crippen molar-refractivity contribution in [2.45, 2.75) is 62.1 Å². The van der Waals surface area contributed by atoms with Gasteiger partial charge in [-0.1, -0.05) is 12.1 Å². The van der Waals surface area contributed by atoms with Crippen LogP contribution in [-0.4, -0.2) is 99.2 Å². The number of nitrogens with zero attached hydrogens (tertiary/aromatic N) is 1. The molecule has 2 aromatic rings. The van der Waals surface area contributed by atoms with Crippen LogP contribution in [0, 0.1) is 0 Å². The van der Waals surface area contributed by atoms with Crippen molar-refractivity contribution >= 4 is 23.5 Å². The Kier molecular flexibility index (Phi) is 11.8. The number of anilines is 1. The molecule has 2 amide bonds. The Hall–Kier alpha value is -3.99. The van der Waals surface area contributed by atoms with Crippen LogP contribution in [0.5, 0.6) is 11.5 Å². The number of aromatic hydroxyl groups is 1. The zero-order valence-corrected chi connectivity index (χ0v) is 22.7. The van der Waals surface area contributed by atoms with Gasteiger partial charge in [0.1, 0.15) is 42.0 Å². The Labute approximate surface area is 241 Å². The average molecular weight is 591 g/mol. The van der Waals surface area contributed by atoms with E-state index in [0.717, 1.165) is 5.56 Å². The van der Waals surface area contributed by atoms with E-state index in [-0.39, 0.29) is 36.8 Å². The van der Waals surface area contributed by atoms with Gasteiger partial charge in [-0.2, -0.15) is 0 Å². The number of guanidine groups is 1. The van der Waals surface area contributed by atoms with Gasteiger partial charge in [0.05, 0.1) is 12.6 Å². The van der Waals surface area contributed by atoms with Crippen molar-refractivity contribution in [3.05, 3.63) is 54.1 Å². The Morgan fingerprint density at radius 2 is 1.64 bits per heavy atom. The number of hydrogen-bond acceptors (Lipinski definition) is 11. The molecule has 13 N–H and O–H groups in total. The average Bonchev–Trinajstić information content (AvgIpc) is 2.96. The molecule has 1 fully saturated rings. The summed E-state index contributed by atoms with van der Waals surface area (Å²) in [5.41, 5.74) is 17.9. The molecule has 230 valence electrons. The van der Waals surface area contributed by atoms with Gasteiger partial charge in [0.25, 0.3) is 0 Å². The Balaban J connectivity index is 1.62. The van der Waals surface area contributed by atoms with E-state index in [0.29, 0.717) is 12.1 Å². The number of aliphatic hydroxyl groups is 4. The number of amides is 2. The molecule has 0 aliphatic carbocycles. The molecule has 7 atom stereocenters. The van der Waals surface area contributed by atoms with E-state index < -0.39 is 61.2 Å². The molecule has 2 aromatic carbocycles. The Morgan fingerprint density at radius 3 is 2.26 bits per heavy atom. The van der Waals surface area contributed by atoms with Crippen molar-refractivity contribution in [1.29, 1.82) is 0 Å². The Bertz CT molecular complexity index is 1190. The molecule has 0 spiro atoms. The van der Waals surface area contributed by atoms with Gasteiger partial charge in [-0.25, -0.2) is 0 Å². The minimum Gasteiger partial charge on any atom is -0.508 e. The zero-order valence-electron chi connectivity index (χ0n) is 22.7. The first-order valence-electron chi connectivity index (χ1n) is 13.3. The Morgan fingerprint density at radius 1 is 0.976 bits per heavy atom. The molecular formula is C27H38N6O9. The fourth-order valence-corrected chi connectivity index (χ4v) is 4.17. The molecule has 0 bridgehead atoms. The molecule has 1 saturated heterocycles. The standard InChI is InChI=1S/C27H38N6O9/c28-18(12-14-3-7-16(35)8-4-14)24(39)33-19(2-1-11-31-27(29)30)25(40)32-15-5-9-17(10-6-15)41-26-23(38)22(37)21(36)20(13-34)42-26/h3-10,18-23,26,34-38H,1-2,11-13,28H2,(H,32,40)(H,33,39)(H4,29,30,31)/t18-,19-,20+,21+,22-,23+,26+/m0/s1. The first kappa shape index (κ1) is 32.5. The molecule has 0 radical (unpaired) electrons. The number of phenolic OH excluding ortho intramolecular Hbond substituents is 1. The highest BCUT2D eigenvalue weighted by Crippen LogP contribution is 2.25. The monoisotopic (exact) mass is 590 g/mol. The van der Waals surface area contributed by atoms with E-state index in [4.69, 9.17) is 26.7 Å². The lowest BCUT2D eigenvalue weighted by molar-refractivity contribution is -0.277. The number of carbonyl (C=O) groups excluding carboxylic acids is 2. The van der Waals surface area contributed by atoms with Crippen molar-refractivity contribution in [3.8, 4) is 11.5 Å². The molecule has 0 aromatic heterocycles. The second-order valence-electron chi connectivity index (χ2n) is 9.82. The summed E-state index contributed by atoms with van der Waals surface area (Å²) in [6.45, 7) is -0.354. The molecule has 42 heavy (non-hydrogen) atoms. The molecule has 3 rings (SSSR count). The molecule has 15 heteroatoms. The summed E-state index contributed by atoms with van der Waals surface area (Å²) in [7, 11) is 0. The van der Waals surface area contributed by atoms with Crippen molar-refractivity contribution in [1.82, 2.24) is 5.32 Å². The maximum atomic E-state index is 13.1. The summed E-state index contributed by atoms with van der Waals surface area (Å²) >= 11 is 0. The quantitative estimate of drug-likeness (QED) is 0.0665. The number of phenols is 1. The lowest BCUT2D eigenvalue weighted by Gasteiger charge is -2.39. The summed E-state index contributed by atoms with van der Waals surface area (Å²) < 4.78 is 10.9. The van der Waals surface area contributed by atoms with Gasteiger partial charge in [0, 0.05) is 12.2 Å². The van der Waals surface area contributed by atoms with E-state index in [1.807, 2.05) is 0 Å². The third-order valence-electron chi connectivity index (χ3n) is 6.53. The lowest BCUT2D eigenvalue weighted by atomic mass is 9.99. The van der Waals surface area contributed by atoms with Crippen molar-refractivity contribution < 1.29 is 44.6 Å². The van der Waals surface area contributed by atoms with Gasteiger partial charge in [0.2, 0.25) is 18.1 Å². The smallest absolute Gasteiger partial charge is 0.246 e. The molecule has 1 aliphatic heterocycles. The van der Waals surface area contributed by atoms with Gasteiger partial charge in [0.15, 0.2) is 5.96 Å². The largest absolute Gasteiger partial charge is 0.508 e. The van der Waals surface area contributed by atoms with Crippen LogP contribution in [-0.2, 0) is 20.7 Å². The van der Waals surface area contributed by atoms with Crippen LogP contribution in [0.3, 0.4) is 0 Å². The first-order chi connectivity index (χ1) is 20.0. The summed E-state index contributed by atoms with van der Waals surface area (Å²) in [5.74, 6) is -0.870. The zero-order chi connectivity index (χ0) is 30.8. The van der Waals surface area contributed by atoms with Crippen LogP contribution >= 0.6 is 0 Å². The minimum atomic E-state index is -1.59. The number of hydrogen-bond donors (Lipinski definition) is 10. The van der Waals surface area contributed by atoms with E-state index in [1.165, 1.54) is 36.4 Å². The van der Waals surface area contributed by atoms with Gasteiger partial charge in [-0.3, -0.25) is 14.6 Å². The second-order valence-corrected chi connectivity index (χ2v) is 9.82. The number of nitrogens with one attached hydrogen (secondary N) is 2. The van der Waals surface area contributed by atoms with Crippen LogP contribution in [0.2, 0.25) is 0 Å². The lowest BCUT2D eigenvalue weighted by Crippen LogP contribution is -2.60. The second kappa shape index (κ2) is 15.3. The highest BCUT2D eigenvalue weighted by Gasteiger charge is 2.44. The third-order valence-corrected chi connectivity index (χ3v) is 6.53. The van der Waals surface area contributed by atoms with Crippen LogP contribution in [0.15, 0.2) is 53.5 Å². The van der Waals surface area contributed by atoms with Crippen molar-refractivity contribution in [3.63, 3.8) is 0 Å². The fraction of sp³-hybridized carbons (Fsp3) is 0.444. The van der Waals surface area contributed by atoms with Gasteiger partial charge < -0.3 is 62.8 Å². The van der Waals surface area contributed by atoms with E-state index in [1.54, 1.807) is 12.1 Å². The molecule has 1 heterocycles. The van der Waals surface area contributed by atoms with Crippen LogP contribution in [0.25, 0.3) is 0 Å². The number of nitrogens with two attached hydrogens (primary N) is 3. The number of ether oxygens (including phenoxy) is 2. The van der Waals surface area contributed by atoms with Crippen LogP contribution in [0.1, 0.15) is 18.4 Å². The highest BCUT2D eigenvalue weighted by atomic mass is 16.7. The number of aliphatic imine (C=N–C) groups is 1. The number of rotatable bonds is 13. The van der Waals surface area contributed by atoms with Gasteiger partial charge in [-0.05, 0) is 61.2 Å². The molecule has 0 unspecified atom stereocenters. The number of carbonyl (C=O) groups is 2. The molecule has 15 nitrogen and oxygen atoms in total. The number of aliphatic hydroxyl groups excluding tert-OH is 4. The van der Waals surface area contributed by atoms with E-state index >= 15 is 0 Å². The van der Waals surface area contributed by atoms with Gasteiger partial charge >= 0.3 is 0 Å². The third kappa shape index (κ3) is 9.27. The summed E-state index contributed by atoms with van der Waals surface area (Å²) in [4.78, 5) is 29.9. The van der Waals surface area contributed by atoms with Crippen LogP contribution in [0.4, 0.5) is 5.69 Å². The predicted molar refractivity (Wildman–Crippen MR) is 151 cm³/mol. The molecule has 0 saturated carbocycles. The van der Waals surface area contributed by atoms with E-state index in [9.17, 15) is 35.1 Å². The van der Waals surface area contributed by atoms with Crippen LogP contribution < -0.4 is 32.6 Å². The predicted octanol–water partition coefficient (Wildman–Crippen LogP) is -2.38. The van der Waals surface area contributed by atoms with E-state index in [2.05, 4.69) is 15.6 Å². The first-order valence-corrected chi connectivity index (χ1v) is 13.3. The number of benzene rings is 2. The highest BCUT2D eigenvalue weighted by molar-refractivity contribution is 5.97. The molecular weight excluding hydrogens is 552 g/mol. The minimum absolute atomic E-state index is 0.0859. The fourth-order valence-electron chi connectivity index (χ4n) is 4.17. The summed E-state index contributed by atoms with van der Waals surface area (Å²) in [5, 5.41) is 54.2. The maximum absolute atomic E-state index is 13.1. The van der Waals surface area contributed by atoms with Crippen molar-refractivity contribution in [2.75, 3.05) is 18.5 Å². The topological polar surface area (TPSA) is 268 Å². The van der Waals surface area contributed by atoms with Gasteiger partial charge in [-0.15, -0.1) is 0 Å². The SMILES string of the molecule is NC(N)=NCCC[C@H](NC(=O)[C@@H](N)Cc1ccc(O)cc1)C(=O)Nc1ccc(O[C@@H]2O[C@H](CO)[C@@H](O)[C@H](O)[C@H]2O)cc1. The maximum Gasteiger partial charge on any atom is 0.246 e.